The zero-order valence-corrected chi connectivity index (χ0v) is 26.9. The topological polar surface area (TPSA) is 136 Å². The minimum absolute atomic E-state index is 0.279. The molecule has 0 aromatic heterocycles. The molecule has 0 heterocycles. The standard InChI is InChI=1S/C36H33O9PS/c37-21-23-43-35(39)28-25-29(36(40)44-24-22-38)27-34(26-28)47(41,42)45-46(30-13-5-1-6-14-30,31-15-7-2-8-16-31,32-17-9-3-10-18-32)33-19-11-4-12-20-33/h1-20,25-27,37-38H,21-24H2. The van der Waals surface area contributed by atoms with Gasteiger partial charge in [0, 0.05) is 0 Å². The predicted molar refractivity (Wildman–Crippen MR) is 181 cm³/mol. The molecule has 0 unspecified atom stereocenters. The zero-order chi connectivity index (χ0) is 33.4. The number of ether oxygens (including phenoxy) is 2. The average molecular weight is 673 g/mol. The van der Waals surface area contributed by atoms with Crippen LogP contribution >= 0.6 is 6.83 Å². The molecule has 0 aliphatic carbocycles. The van der Waals surface area contributed by atoms with Gasteiger partial charge < -0.3 is 0 Å². The molecule has 47 heavy (non-hydrogen) atoms. The summed E-state index contributed by atoms with van der Waals surface area (Å²) in [6.45, 7) is -6.36. The minimum atomic E-state index is -4.88. The van der Waals surface area contributed by atoms with Crippen molar-refractivity contribution in [3.63, 3.8) is 0 Å². The Morgan fingerprint density at radius 1 is 0.532 bits per heavy atom. The second kappa shape index (κ2) is 14.4. The molecule has 0 aliphatic heterocycles. The fourth-order valence-electron chi connectivity index (χ4n) is 5.58. The third-order valence-corrected chi connectivity index (χ3v) is 15.5. The molecular weight excluding hydrogens is 639 g/mol. The van der Waals surface area contributed by atoms with Gasteiger partial charge in [-0.15, -0.1) is 0 Å². The number of rotatable bonds is 13. The third-order valence-electron chi connectivity index (χ3n) is 7.56. The van der Waals surface area contributed by atoms with Crippen LogP contribution in [0.4, 0.5) is 0 Å². The van der Waals surface area contributed by atoms with Crippen LogP contribution in [0, 0.1) is 0 Å². The van der Waals surface area contributed by atoms with Crippen molar-refractivity contribution in [3.05, 3.63) is 151 Å². The first-order valence-corrected chi connectivity index (χ1v) is 18.2. The van der Waals surface area contributed by atoms with Gasteiger partial charge >= 0.3 is 274 Å². The van der Waals surface area contributed by atoms with Crippen molar-refractivity contribution in [1.29, 1.82) is 0 Å². The van der Waals surface area contributed by atoms with E-state index in [1.54, 1.807) is 0 Å². The van der Waals surface area contributed by atoms with E-state index in [4.69, 9.17) is 13.4 Å². The first-order valence-electron chi connectivity index (χ1n) is 14.7. The van der Waals surface area contributed by atoms with Gasteiger partial charge in [-0.2, -0.15) is 0 Å². The van der Waals surface area contributed by atoms with Crippen LogP contribution in [0.5, 0.6) is 0 Å². The number of esters is 2. The number of benzene rings is 5. The molecule has 9 nitrogen and oxygen atoms in total. The Morgan fingerprint density at radius 3 is 1.15 bits per heavy atom. The fourth-order valence-corrected chi connectivity index (χ4v) is 14.2. The van der Waals surface area contributed by atoms with Crippen LogP contribution in [0.25, 0.3) is 0 Å². The molecule has 0 aliphatic rings. The summed E-state index contributed by atoms with van der Waals surface area (Å²) in [5, 5.41) is 20.7. The van der Waals surface area contributed by atoms with Crippen molar-refractivity contribution in [3.8, 4) is 0 Å². The van der Waals surface area contributed by atoms with Gasteiger partial charge in [-0.05, 0) is 0 Å². The van der Waals surface area contributed by atoms with Gasteiger partial charge in [-0.25, -0.2) is 0 Å². The first-order chi connectivity index (χ1) is 22.8. The Hall–Kier alpha value is -4.70. The van der Waals surface area contributed by atoms with E-state index >= 15 is 0 Å². The molecule has 2 N–H and O–H groups in total. The second-order valence-corrected chi connectivity index (χ2v) is 16.5. The van der Waals surface area contributed by atoms with Gasteiger partial charge in [0.15, 0.2) is 0 Å². The van der Waals surface area contributed by atoms with E-state index < -0.39 is 47.0 Å². The summed E-state index contributed by atoms with van der Waals surface area (Å²) in [5.41, 5.74) is -0.559. The molecule has 0 saturated carbocycles. The molecular formula is C36H33O9PS. The van der Waals surface area contributed by atoms with Crippen LogP contribution in [0.1, 0.15) is 20.7 Å². The van der Waals surface area contributed by atoms with Crippen LogP contribution in [-0.2, 0) is 23.6 Å². The van der Waals surface area contributed by atoms with E-state index in [0.717, 1.165) is 18.2 Å². The van der Waals surface area contributed by atoms with Crippen molar-refractivity contribution in [2.75, 3.05) is 26.4 Å². The van der Waals surface area contributed by atoms with Gasteiger partial charge in [-0.3, -0.25) is 0 Å². The van der Waals surface area contributed by atoms with Gasteiger partial charge in [0.25, 0.3) is 0 Å². The molecule has 0 spiro atoms. The van der Waals surface area contributed by atoms with Crippen molar-refractivity contribution < 1.29 is 41.7 Å². The van der Waals surface area contributed by atoms with Crippen LogP contribution in [0.2, 0.25) is 0 Å². The summed E-state index contributed by atoms with van der Waals surface area (Å²) in [7, 11) is -4.88. The summed E-state index contributed by atoms with van der Waals surface area (Å²) < 4.78 is 46.9. The molecule has 5 aromatic carbocycles. The number of carbonyl (C=O) groups excluding carboxylic acids is 2. The van der Waals surface area contributed by atoms with E-state index in [9.17, 15) is 28.2 Å². The number of aliphatic hydroxyl groups excluding tert-OH is 2. The SMILES string of the molecule is O=C(OCCO)c1cc(C(=O)OCCO)cc(S(=O)(=O)OP(c2ccccc2)(c2ccccc2)(c2ccccc2)c2ccccc2)c1. The Kier molecular flexibility index (Phi) is 10.3. The van der Waals surface area contributed by atoms with Crippen LogP contribution in [0.3, 0.4) is 0 Å². The molecule has 0 amide bonds. The molecule has 0 fully saturated rings. The molecule has 0 atom stereocenters. The van der Waals surface area contributed by atoms with Crippen LogP contribution < -0.4 is 21.2 Å². The first kappa shape index (κ1) is 33.7. The van der Waals surface area contributed by atoms with E-state index in [0.29, 0.717) is 21.2 Å². The molecule has 0 saturated heterocycles. The van der Waals surface area contributed by atoms with Crippen molar-refractivity contribution in [1.82, 2.24) is 0 Å². The molecule has 0 radical (unpaired) electrons. The number of hydrogen-bond donors (Lipinski definition) is 2. The number of carbonyl (C=O) groups is 2. The normalized spacial score (nSPS) is 12.4. The third kappa shape index (κ3) is 6.34. The maximum atomic E-state index is 15.0. The Balaban J connectivity index is 1.88. The van der Waals surface area contributed by atoms with Gasteiger partial charge in [-0.1, -0.05) is 0 Å². The monoisotopic (exact) mass is 672 g/mol. The van der Waals surface area contributed by atoms with Gasteiger partial charge in [0.05, 0.1) is 0 Å². The Bertz CT molecular complexity index is 1730. The number of aliphatic hydroxyl groups is 2. The molecule has 0 bridgehead atoms. The van der Waals surface area contributed by atoms with Gasteiger partial charge in [0.2, 0.25) is 0 Å². The van der Waals surface area contributed by atoms with Gasteiger partial charge in [0.1, 0.15) is 0 Å². The molecule has 5 rings (SSSR count). The summed E-state index contributed by atoms with van der Waals surface area (Å²) >= 11 is 0. The number of hydrogen-bond acceptors (Lipinski definition) is 9. The Labute approximate surface area is 273 Å². The van der Waals surface area contributed by atoms with Crippen molar-refractivity contribution >= 4 is 50.1 Å². The average Bonchev–Trinajstić information content (AvgIpc) is 3.13. The van der Waals surface area contributed by atoms with E-state index in [1.807, 2.05) is 121 Å². The van der Waals surface area contributed by atoms with E-state index in [1.165, 1.54) is 0 Å². The second-order valence-electron chi connectivity index (χ2n) is 10.4. The summed E-state index contributed by atoms with van der Waals surface area (Å²) in [6, 6.07) is 39.8. The van der Waals surface area contributed by atoms with E-state index in [2.05, 4.69) is 0 Å². The van der Waals surface area contributed by atoms with E-state index in [-0.39, 0.29) is 24.3 Å². The quantitative estimate of drug-likeness (QED) is 0.142. The van der Waals surface area contributed by atoms with Crippen molar-refractivity contribution in [2.24, 2.45) is 0 Å². The van der Waals surface area contributed by atoms with Crippen LogP contribution in [0.15, 0.2) is 144 Å². The van der Waals surface area contributed by atoms with Crippen LogP contribution in [-0.4, -0.2) is 57.0 Å². The molecule has 11 heteroatoms. The summed E-state index contributed by atoms with van der Waals surface area (Å²) in [6.07, 6.45) is 0. The van der Waals surface area contributed by atoms with Crippen molar-refractivity contribution in [2.45, 2.75) is 4.90 Å². The fraction of sp³-hybridized carbons (Fsp3) is 0.111. The zero-order valence-electron chi connectivity index (χ0n) is 25.2. The Morgan fingerprint density at radius 2 is 0.851 bits per heavy atom. The molecule has 242 valence electrons. The predicted octanol–water partition coefficient (Wildman–Crippen LogP) is 3.46. The summed E-state index contributed by atoms with van der Waals surface area (Å²) in [5.74, 6) is -1.94. The maximum absolute atomic E-state index is 15.0. The summed E-state index contributed by atoms with van der Waals surface area (Å²) in [4.78, 5) is 25.4. The molecule has 5 aromatic rings.